The molecule has 0 radical (unpaired) electrons. The molecule has 1 aromatic heterocycles. The number of aromatic nitrogens is 2. The van der Waals surface area contributed by atoms with Gasteiger partial charge >= 0.3 is 6.18 Å². The SMILES string of the molecule is CC1(CO)CCc2c(C#N)cc(-c3ccnc(Nc4cc(Cl)ccc4C(F)(F)F)n3)cc21. The Morgan fingerprint density at radius 3 is 2.72 bits per heavy atom. The van der Waals surface area contributed by atoms with Crippen molar-refractivity contribution in [3.8, 4) is 17.3 Å². The second-order valence-corrected chi connectivity index (χ2v) is 8.40. The maximum Gasteiger partial charge on any atom is 0.418 e. The first-order valence-electron chi connectivity index (χ1n) is 9.80. The molecule has 32 heavy (non-hydrogen) atoms. The average Bonchev–Trinajstić information content (AvgIpc) is 3.10. The number of alkyl halides is 3. The number of aliphatic hydroxyl groups excluding tert-OH is 1. The summed E-state index contributed by atoms with van der Waals surface area (Å²) in [4.78, 5) is 8.40. The quantitative estimate of drug-likeness (QED) is 0.529. The Bertz CT molecular complexity index is 1240. The minimum Gasteiger partial charge on any atom is -0.395 e. The largest absolute Gasteiger partial charge is 0.418 e. The second-order valence-electron chi connectivity index (χ2n) is 7.96. The number of hydrogen-bond donors (Lipinski definition) is 2. The minimum atomic E-state index is -4.58. The number of halogens is 4. The molecule has 3 aromatic rings. The zero-order chi connectivity index (χ0) is 23.1. The van der Waals surface area contributed by atoms with E-state index >= 15 is 0 Å². The van der Waals surface area contributed by atoms with E-state index in [4.69, 9.17) is 11.6 Å². The van der Waals surface area contributed by atoms with Crippen LogP contribution in [0.2, 0.25) is 5.02 Å². The van der Waals surface area contributed by atoms with Gasteiger partial charge < -0.3 is 10.4 Å². The van der Waals surface area contributed by atoms with Gasteiger partial charge in [0, 0.05) is 22.2 Å². The highest BCUT2D eigenvalue weighted by atomic mass is 35.5. The number of nitrogens with one attached hydrogen (secondary N) is 1. The Labute approximate surface area is 187 Å². The third kappa shape index (κ3) is 4.01. The number of nitriles is 1. The fraction of sp³-hybridized carbons (Fsp3) is 0.261. The molecule has 0 amide bonds. The summed E-state index contributed by atoms with van der Waals surface area (Å²) in [5.74, 6) is -0.0424. The lowest BCUT2D eigenvalue weighted by Crippen LogP contribution is -2.23. The molecule has 2 N–H and O–H groups in total. The van der Waals surface area contributed by atoms with Crippen LogP contribution >= 0.6 is 11.6 Å². The Morgan fingerprint density at radius 2 is 2.03 bits per heavy atom. The number of fused-ring (bicyclic) bond motifs is 1. The van der Waals surface area contributed by atoms with Crippen molar-refractivity contribution >= 4 is 23.2 Å². The lowest BCUT2D eigenvalue weighted by atomic mass is 9.83. The van der Waals surface area contributed by atoms with E-state index < -0.39 is 17.2 Å². The standard InChI is InChI=1S/C23H18ClF3N4O/c1-22(12-32)6-4-16-14(11-28)8-13(9-18(16)22)19-5-7-29-21(30-19)31-20-10-15(24)2-3-17(20)23(25,26)27/h2-3,5,7-10,32H,4,6,12H2,1H3,(H,29,30,31). The number of aliphatic hydroxyl groups is 1. The zero-order valence-corrected chi connectivity index (χ0v) is 17.7. The topological polar surface area (TPSA) is 81.8 Å². The third-order valence-corrected chi connectivity index (χ3v) is 6.02. The maximum atomic E-state index is 13.4. The lowest BCUT2D eigenvalue weighted by Gasteiger charge is -2.23. The summed E-state index contributed by atoms with van der Waals surface area (Å²) in [6.45, 7) is 1.88. The van der Waals surface area contributed by atoms with E-state index in [0.29, 0.717) is 23.2 Å². The van der Waals surface area contributed by atoms with Gasteiger partial charge in [0.25, 0.3) is 0 Å². The van der Waals surface area contributed by atoms with E-state index in [2.05, 4.69) is 21.4 Å². The van der Waals surface area contributed by atoms with Crippen LogP contribution in [0.4, 0.5) is 24.8 Å². The molecule has 1 aliphatic rings. The van der Waals surface area contributed by atoms with Crippen LogP contribution in [0.1, 0.15) is 35.6 Å². The van der Waals surface area contributed by atoms with Gasteiger partial charge in [-0.1, -0.05) is 18.5 Å². The smallest absolute Gasteiger partial charge is 0.395 e. The van der Waals surface area contributed by atoms with Crippen LogP contribution in [0.5, 0.6) is 0 Å². The highest BCUT2D eigenvalue weighted by molar-refractivity contribution is 6.30. The Balaban J connectivity index is 1.76. The van der Waals surface area contributed by atoms with Crippen LogP contribution in [0.25, 0.3) is 11.3 Å². The molecule has 0 aliphatic heterocycles. The molecule has 1 atom stereocenters. The lowest BCUT2D eigenvalue weighted by molar-refractivity contribution is -0.136. The summed E-state index contributed by atoms with van der Waals surface area (Å²) in [6.07, 6.45) is -1.74. The van der Waals surface area contributed by atoms with Crippen LogP contribution in [-0.4, -0.2) is 21.7 Å². The van der Waals surface area contributed by atoms with Crippen molar-refractivity contribution in [1.82, 2.24) is 9.97 Å². The first-order valence-corrected chi connectivity index (χ1v) is 10.2. The number of anilines is 2. The Kier molecular flexibility index (Phi) is 5.57. The van der Waals surface area contributed by atoms with E-state index in [0.717, 1.165) is 29.7 Å². The first-order chi connectivity index (χ1) is 15.1. The molecule has 1 aliphatic carbocycles. The normalized spacial score (nSPS) is 17.7. The summed E-state index contributed by atoms with van der Waals surface area (Å²) in [6, 6.07) is 10.6. The summed E-state index contributed by atoms with van der Waals surface area (Å²) in [5, 5.41) is 22.3. The van der Waals surface area contributed by atoms with Gasteiger partial charge in [-0.3, -0.25) is 0 Å². The molecule has 2 aromatic carbocycles. The van der Waals surface area contributed by atoms with Gasteiger partial charge in [0.2, 0.25) is 5.95 Å². The highest BCUT2D eigenvalue weighted by Gasteiger charge is 2.36. The average molecular weight is 459 g/mol. The molecule has 164 valence electrons. The van der Waals surface area contributed by atoms with Gasteiger partial charge in [0.05, 0.1) is 35.2 Å². The Hall–Kier alpha value is -3.15. The van der Waals surface area contributed by atoms with Gasteiger partial charge in [-0.05, 0) is 60.4 Å². The van der Waals surface area contributed by atoms with Gasteiger partial charge in [0.1, 0.15) is 0 Å². The fourth-order valence-corrected chi connectivity index (χ4v) is 4.17. The molecule has 1 heterocycles. The predicted octanol–water partition coefficient (Wildman–Crippen LogP) is 5.63. The van der Waals surface area contributed by atoms with Crippen LogP contribution in [0, 0.1) is 11.3 Å². The summed E-state index contributed by atoms with van der Waals surface area (Å²) < 4.78 is 40.1. The van der Waals surface area contributed by atoms with Crippen molar-refractivity contribution in [3.05, 3.63) is 69.9 Å². The molecule has 1 unspecified atom stereocenters. The summed E-state index contributed by atoms with van der Waals surface area (Å²) in [7, 11) is 0. The molecule has 0 spiro atoms. The zero-order valence-electron chi connectivity index (χ0n) is 17.0. The summed E-state index contributed by atoms with van der Waals surface area (Å²) in [5.41, 5.74) is 1.73. The van der Waals surface area contributed by atoms with E-state index in [-0.39, 0.29) is 23.3 Å². The van der Waals surface area contributed by atoms with Crippen molar-refractivity contribution in [1.29, 1.82) is 5.26 Å². The molecule has 0 bridgehead atoms. The van der Waals surface area contributed by atoms with Gasteiger partial charge in [-0.25, -0.2) is 9.97 Å². The van der Waals surface area contributed by atoms with Crippen molar-refractivity contribution in [2.24, 2.45) is 0 Å². The van der Waals surface area contributed by atoms with Crippen LogP contribution in [0.3, 0.4) is 0 Å². The van der Waals surface area contributed by atoms with E-state index in [1.807, 2.05) is 13.0 Å². The maximum absolute atomic E-state index is 13.4. The molecule has 9 heteroatoms. The number of nitrogens with zero attached hydrogens (tertiary/aromatic N) is 3. The molecule has 5 nitrogen and oxygen atoms in total. The predicted molar refractivity (Wildman–Crippen MR) is 115 cm³/mol. The van der Waals surface area contributed by atoms with Crippen LogP contribution in [0.15, 0.2) is 42.6 Å². The first kappa shape index (κ1) is 22.1. The number of rotatable bonds is 4. The molecule has 4 rings (SSSR count). The Morgan fingerprint density at radius 1 is 1.25 bits per heavy atom. The molecule has 0 saturated carbocycles. The van der Waals surface area contributed by atoms with E-state index in [1.165, 1.54) is 12.3 Å². The van der Waals surface area contributed by atoms with E-state index in [1.54, 1.807) is 12.1 Å². The van der Waals surface area contributed by atoms with Crippen molar-refractivity contribution < 1.29 is 18.3 Å². The molecule has 0 fully saturated rings. The van der Waals surface area contributed by atoms with Crippen molar-refractivity contribution in [3.63, 3.8) is 0 Å². The molecular formula is C23H18ClF3N4O. The minimum absolute atomic E-state index is 0.0424. The summed E-state index contributed by atoms with van der Waals surface area (Å²) >= 11 is 5.89. The highest BCUT2D eigenvalue weighted by Crippen LogP contribution is 2.42. The monoisotopic (exact) mass is 458 g/mol. The van der Waals surface area contributed by atoms with Gasteiger partial charge in [-0.15, -0.1) is 0 Å². The third-order valence-electron chi connectivity index (χ3n) is 5.78. The van der Waals surface area contributed by atoms with Crippen molar-refractivity contribution in [2.75, 3.05) is 11.9 Å². The van der Waals surface area contributed by atoms with Crippen LogP contribution in [-0.2, 0) is 18.0 Å². The fourth-order valence-electron chi connectivity index (χ4n) is 3.99. The van der Waals surface area contributed by atoms with Gasteiger partial charge in [0.15, 0.2) is 0 Å². The number of benzene rings is 2. The van der Waals surface area contributed by atoms with Crippen molar-refractivity contribution in [2.45, 2.75) is 31.4 Å². The number of hydrogen-bond acceptors (Lipinski definition) is 5. The molecular weight excluding hydrogens is 441 g/mol. The van der Waals surface area contributed by atoms with Crippen LogP contribution < -0.4 is 5.32 Å². The second kappa shape index (κ2) is 8.08. The molecule has 0 saturated heterocycles. The van der Waals surface area contributed by atoms with Gasteiger partial charge in [-0.2, -0.15) is 18.4 Å². The van der Waals surface area contributed by atoms with E-state index in [9.17, 15) is 23.5 Å².